The van der Waals surface area contributed by atoms with Gasteiger partial charge in [0, 0.05) is 5.57 Å². The number of hydrogen-bond acceptors (Lipinski definition) is 6. The van der Waals surface area contributed by atoms with Gasteiger partial charge in [-0.1, -0.05) is 6.92 Å². The number of dihydropyridines is 1. The number of rotatable bonds is 5. The average molecular weight is 299 g/mol. The Hall–Kier alpha value is -1.53. The SMILES string of the molecule is CCC(O)(CC(=O)OC(C)(C)C)C1=C(OC)C(O)NC=C1. The van der Waals surface area contributed by atoms with E-state index in [0.29, 0.717) is 5.57 Å². The van der Waals surface area contributed by atoms with Crippen LogP contribution in [0.3, 0.4) is 0 Å². The molecule has 6 heteroatoms. The van der Waals surface area contributed by atoms with Crippen LogP contribution in [-0.4, -0.2) is 40.7 Å². The lowest BCUT2D eigenvalue weighted by molar-refractivity contribution is -0.159. The Balaban J connectivity index is 3.03. The number of hydrogen-bond donors (Lipinski definition) is 3. The molecule has 6 nitrogen and oxygen atoms in total. The van der Waals surface area contributed by atoms with Gasteiger partial charge >= 0.3 is 5.97 Å². The molecule has 0 amide bonds. The fourth-order valence-corrected chi connectivity index (χ4v) is 2.16. The number of carbonyl (C=O) groups is 1. The lowest BCUT2D eigenvalue weighted by Crippen LogP contribution is -2.41. The van der Waals surface area contributed by atoms with Gasteiger partial charge in [0.05, 0.1) is 13.5 Å². The summed E-state index contributed by atoms with van der Waals surface area (Å²) in [6, 6.07) is 0. The molecule has 0 radical (unpaired) electrons. The summed E-state index contributed by atoms with van der Waals surface area (Å²) in [5.74, 6) is -0.304. The van der Waals surface area contributed by atoms with Crippen molar-refractivity contribution in [2.45, 2.75) is 58.0 Å². The van der Waals surface area contributed by atoms with Crippen molar-refractivity contribution in [1.29, 1.82) is 0 Å². The number of carbonyl (C=O) groups excluding carboxylic acids is 1. The topological polar surface area (TPSA) is 88.0 Å². The highest BCUT2D eigenvalue weighted by Gasteiger charge is 2.38. The van der Waals surface area contributed by atoms with Crippen LogP contribution in [0.5, 0.6) is 0 Å². The van der Waals surface area contributed by atoms with Crippen LogP contribution in [0.2, 0.25) is 0 Å². The Labute approximate surface area is 125 Å². The molecular weight excluding hydrogens is 274 g/mol. The second-order valence-electron chi connectivity index (χ2n) is 6.03. The van der Waals surface area contributed by atoms with Crippen molar-refractivity contribution >= 4 is 5.97 Å². The normalized spacial score (nSPS) is 21.6. The van der Waals surface area contributed by atoms with Gasteiger partial charge < -0.3 is 25.0 Å². The van der Waals surface area contributed by atoms with Crippen molar-refractivity contribution < 1.29 is 24.5 Å². The summed E-state index contributed by atoms with van der Waals surface area (Å²) < 4.78 is 10.4. The first kappa shape index (κ1) is 17.5. The molecule has 120 valence electrons. The maximum absolute atomic E-state index is 12.0. The smallest absolute Gasteiger partial charge is 0.309 e. The third-order valence-electron chi connectivity index (χ3n) is 3.18. The Morgan fingerprint density at radius 2 is 2.05 bits per heavy atom. The molecule has 0 spiro atoms. The zero-order valence-corrected chi connectivity index (χ0v) is 13.3. The van der Waals surface area contributed by atoms with Gasteiger partial charge in [0.25, 0.3) is 0 Å². The molecule has 21 heavy (non-hydrogen) atoms. The van der Waals surface area contributed by atoms with Crippen LogP contribution in [-0.2, 0) is 14.3 Å². The van der Waals surface area contributed by atoms with Gasteiger partial charge in [-0.2, -0.15) is 0 Å². The second-order valence-corrected chi connectivity index (χ2v) is 6.03. The average Bonchev–Trinajstić information content (AvgIpc) is 2.35. The van der Waals surface area contributed by atoms with Gasteiger partial charge in [-0.05, 0) is 39.5 Å². The molecule has 2 atom stereocenters. The number of aliphatic hydroxyl groups is 2. The lowest BCUT2D eigenvalue weighted by Gasteiger charge is -2.33. The van der Waals surface area contributed by atoms with Crippen molar-refractivity contribution in [1.82, 2.24) is 5.32 Å². The van der Waals surface area contributed by atoms with E-state index in [-0.39, 0.29) is 18.6 Å². The van der Waals surface area contributed by atoms with E-state index in [2.05, 4.69) is 5.32 Å². The standard InChI is InChI=1S/C15H25NO5/c1-6-15(19,9-11(17)21-14(2,3)4)10-7-8-16-13(18)12(10)20-5/h7-8,13,16,18-19H,6,9H2,1-5H3. The van der Waals surface area contributed by atoms with Gasteiger partial charge in [-0.3, -0.25) is 4.79 Å². The van der Waals surface area contributed by atoms with Gasteiger partial charge in [0.2, 0.25) is 0 Å². The predicted molar refractivity (Wildman–Crippen MR) is 78.0 cm³/mol. The van der Waals surface area contributed by atoms with Crippen molar-refractivity contribution in [2.75, 3.05) is 7.11 Å². The zero-order chi connectivity index (χ0) is 16.3. The van der Waals surface area contributed by atoms with E-state index in [1.54, 1.807) is 33.8 Å². The summed E-state index contributed by atoms with van der Waals surface area (Å²) in [5.41, 5.74) is -1.69. The Morgan fingerprint density at radius 1 is 1.43 bits per heavy atom. The van der Waals surface area contributed by atoms with Crippen LogP contribution in [0.25, 0.3) is 0 Å². The van der Waals surface area contributed by atoms with Gasteiger partial charge in [-0.25, -0.2) is 0 Å². The Bertz CT molecular complexity index is 449. The summed E-state index contributed by atoms with van der Waals surface area (Å²) in [4.78, 5) is 12.0. The van der Waals surface area contributed by atoms with E-state index < -0.39 is 23.4 Å². The monoisotopic (exact) mass is 299 g/mol. The van der Waals surface area contributed by atoms with Crippen LogP contribution < -0.4 is 5.32 Å². The highest BCUT2D eigenvalue weighted by molar-refractivity contribution is 5.72. The molecule has 0 bridgehead atoms. The fraction of sp³-hybridized carbons (Fsp3) is 0.667. The summed E-state index contributed by atoms with van der Waals surface area (Å²) in [7, 11) is 1.41. The minimum atomic E-state index is -1.45. The van der Waals surface area contributed by atoms with E-state index in [9.17, 15) is 15.0 Å². The van der Waals surface area contributed by atoms with Crippen molar-refractivity contribution in [2.24, 2.45) is 0 Å². The first-order valence-corrected chi connectivity index (χ1v) is 6.96. The molecule has 1 aliphatic rings. The number of esters is 1. The number of ether oxygens (including phenoxy) is 2. The molecule has 0 aliphatic carbocycles. The molecule has 0 fully saturated rings. The van der Waals surface area contributed by atoms with Crippen molar-refractivity contribution in [3.8, 4) is 0 Å². The predicted octanol–water partition coefficient (Wildman–Crippen LogP) is 1.20. The van der Waals surface area contributed by atoms with E-state index in [1.807, 2.05) is 0 Å². The molecule has 0 aromatic rings. The largest absolute Gasteiger partial charge is 0.496 e. The van der Waals surface area contributed by atoms with Crippen molar-refractivity contribution in [3.63, 3.8) is 0 Å². The number of nitrogens with one attached hydrogen (secondary N) is 1. The molecule has 2 unspecified atom stereocenters. The minimum absolute atomic E-state index is 0.199. The lowest BCUT2D eigenvalue weighted by atomic mass is 9.85. The summed E-state index contributed by atoms with van der Waals surface area (Å²) >= 11 is 0. The third-order valence-corrected chi connectivity index (χ3v) is 3.18. The molecule has 0 aromatic carbocycles. The minimum Gasteiger partial charge on any atom is -0.496 e. The second kappa shape index (κ2) is 6.49. The first-order chi connectivity index (χ1) is 9.63. The quantitative estimate of drug-likeness (QED) is 0.661. The zero-order valence-electron chi connectivity index (χ0n) is 13.3. The molecule has 3 N–H and O–H groups in total. The molecule has 0 saturated carbocycles. The van der Waals surface area contributed by atoms with Crippen LogP contribution in [0.15, 0.2) is 23.6 Å². The van der Waals surface area contributed by atoms with Crippen LogP contribution in [0.4, 0.5) is 0 Å². The number of aliphatic hydroxyl groups excluding tert-OH is 1. The van der Waals surface area contributed by atoms with Crippen LogP contribution >= 0.6 is 0 Å². The summed E-state index contributed by atoms with van der Waals surface area (Å²) in [6.07, 6.45) is 2.13. The Kier molecular flexibility index (Phi) is 5.42. The molecule has 1 rings (SSSR count). The van der Waals surface area contributed by atoms with Crippen LogP contribution in [0.1, 0.15) is 40.5 Å². The molecular formula is C15H25NO5. The van der Waals surface area contributed by atoms with E-state index in [4.69, 9.17) is 9.47 Å². The van der Waals surface area contributed by atoms with Gasteiger partial charge in [0.1, 0.15) is 11.2 Å². The third kappa shape index (κ3) is 4.47. The maximum atomic E-state index is 12.0. The molecule has 0 aromatic heterocycles. The highest BCUT2D eigenvalue weighted by atomic mass is 16.6. The number of methoxy groups -OCH3 is 1. The van der Waals surface area contributed by atoms with E-state index >= 15 is 0 Å². The van der Waals surface area contributed by atoms with Gasteiger partial charge in [-0.15, -0.1) is 0 Å². The molecule has 1 aliphatic heterocycles. The Morgan fingerprint density at radius 3 is 2.52 bits per heavy atom. The van der Waals surface area contributed by atoms with E-state index in [1.165, 1.54) is 13.3 Å². The maximum Gasteiger partial charge on any atom is 0.309 e. The van der Waals surface area contributed by atoms with Crippen LogP contribution in [0, 0.1) is 0 Å². The summed E-state index contributed by atoms with van der Waals surface area (Å²) in [6.45, 7) is 7.06. The molecule has 0 saturated heterocycles. The summed E-state index contributed by atoms with van der Waals surface area (Å²) in [5, 5.41) is 23.3. The van der Waals surface area contributed by atoms with E-state index in [0.717, 1.165) is 0 Å². The molecule has 1 heterocycles. The van der Waals surface area contributed by atoms with Gasteiger partial charge in [0.15, 0.2) is 12.0 Å². The fourth-order valence-electron chi connectivity index (χ4n) is 2.16. The highest BCUT2D eigenvalue weighted by Crippen LogP contribution is 2.32. The first-order valence-electron chi connectivity index (χ1n) is 6.96. The van der Waals surface area contributed by atoms with Crippen molar-refractivity contribution in [3.05, 3.63) is 23.6 Å².